The van der Waals surface area contributed by atoms with E-state index in [2.05, 4.69) is 30.6 Å². The van der Waals surface area contributed by atoms with E-state index < -0.39 is 35.6 Å². The summed E-state index contributed by atoms with van der Waals surface area (Å²) in [5.74, 6) is -3.01. The first kappa shape index (κ1) is 35.7. The molecule has 3 aromatic heterocycles. The van der Waals surface area contributed by atoms with Crippen LogP contribution < -0.4 is 26.6 Å². The van der Waals surface area contributed by atoms with Crippen molar-refractivity contribution in [3.05, 3.63) is 108 Å². The fourth-order valence-electron chi connectivity index (χ4n) is 4.27. The Labute approximate surface area is 277 Å². The first-order chi connectivity index (χ1) is 23.2. The number of aliphatic carboxylic acids is 2. The summed E-state index contributed by atoms with van der Waals surface area (Å²) in [7, 11) is 0. The SMILES string of the molecule is Cc1cn(-c2cc(NC(=O)c3ccc(C)c(Nc4nccc(-c5cccnc5)n4)c3)cc(C(F)(F)F)c2)cn1.N[C@@H](CCC(=O)[O-])C(=O)[O-]. The number of carboxylic acids is 2. The Balaban J connectivity index is 0.000000471. The van der Waals surface area contributed by atoms with Crippen molar-refractivity contribution < 1.29 is 37.8 Å². The van der Waals surface area contributed by atoms with E-state index in [0.29, 0.717) is 23.0 Å². The summed E-state index contributed by atoms with van der Waals surface area (Å²) < 4.78 is 42.3. The molecule has 1 atom stereocenters. The maximum absolute atomic E-state index is 13.6. The standard InChI is InChI=1S/C28H22F3N7O.C5H9NO4/c1-17-5-6-19(10-25(17)37-27-33-9-7-24(36-27)20-4-3-8-32-14-20)26(39)35-22-11-21(28(29,30)31)12-23(13-22)38-15-18(2)34-16-38;6-3(5(9)10)1-2-4(7)8/h3-16H,1-2H3,(H,35,39)(H,33,36,37);3H,1-2,6H2,(H,7,8)(H,9,10)/p-2/t;3-/m.0/s1. The molecule has 5 rings (SSSR count). The molecule has 0 saturated carbocycles. The van der Waals surface area contributed by atoms with Crippen LogP contribution in [0.25, 0.3) is 16.9 Å². The van der Waals surface area contributed by atoms with Gasteiger partial charge < -0.3 is 40.7 Å². The fourth-order valence-corrected chi connectivity index (χ4v) is 4.27. The first-order valence-corrected chi connectivity index (χ1v) is 14.5. The van der Waals surface area contributed by atoms with E-state index in [4.69, 9.17) is 5.73 Å². The Morgan fingerprint density at radius 3 is 2.41 bits per heavy atom. The Morgan fingerprint density at radius 1 is 1.00 bits per heavy atom. The summed E-state index contributed by atoms with van der Waals surface area (Å²) in [6, 6.07) is 12.5. The second kappa shape index (κ2) is 15.6. The van der Waals surface area contributed by atoms with Crippen molar-refractivity contribution in [2.75, 3.05) is 10.6 Å². The van der Waals surface area contributed by atoms with E-state index in [1.807, 2.05) is 13.0 Å². The minimum absolute atomic E-state index is 0.00114. The van der Waals surface area contributed by atoms with Gasteiger partial charge in [-0.25, -0.2) is 15.0 Å². The Kier molecular flexibility index (Phi) is 11.4. The van der Waals surface area contributed by atoms with Crippen molar-refractivity contribution >= 4 is 35.2 Å². The number of imidazole rings is 1. The van der Waals surface area contributed by atoms with Gasteiger partial charge in [-0.05, 0) is 80.8 Å². The molecule has 0 spiro atoms. The van der Waals surface area contributed by atoms with Gasteiger partial charge in [-0.3, -0.25) is 9.78 Å². The normalized spacial score (nSPS) is 11.6. The second-order valence-corrected chi connectivity index (χ2v) is 10.6. The summed E-state index contributed by atoms with van der Waals surface area (Å²) in [6.45, 7) is 3.58. The molecule has 1 amide bonds. The van der Waals surface area contributed by atoms with Gasteiger partial charge in [-0.1, -0.05) is 6.07 Å². The molecule has 0 aliphatic heterocycles. The molecule has 5 aromatic rings. The molecule has 0 saturated heterocycles. The zero-order valence-corrected chi connectivity index (χ0v) is 26.1. The van der Waals surface area contributed by atoms with Crippen LogP contribution >= 0.6 is 0 Å². The highest BCUT2D eigenvalue weighted by Crippen LogP contribution is 2.33. The van der Waals surface area contributed by atoms with Crippen LogP contribution in [-0.4, -0.2) is 48.4 Å². The third kappa shape index (κ3) is 10.2. The highest BCUT2D eigenvalue weighted by atomic mass is 19.4. The molecular formula is C33H29F3N8O5-2. The van der Waals surface area contributed by atoms with Gasteiger partial charge in [-0.2, -0.15) is 13.2 Å². The zero-order chi connectivity index (χ0) is 35.7. The number of carboxylic acid groups (broad SMARTS) is 2. The van der Waals surface area contributed by atoms with E-state index in [9.17, 15) is 37.8 Å². The predicted octanol–water partition coefficient (Wildman–Crippen LogP) is 2.95. The van der Waals surface area contributed by atoms with Crippen LogP contribution in [0.4, 0.5) is 30.5 Å². The number of pyridine rings is 1. The number of halogens is 3. The van der Waals surface area contributed by atoms with Crippen LogP contribution in [0.1, 0.15) is 40.0 Å². The number of carbonyl (C=O) groups is 3. The molecule has 0 radical (unpaired) electrons. The van der Waals surface area contributed by atoms with Gasteiger partial charge in [0.15, 0.2) is 0 Å². The van der Waals surface area contributed by atoms with Gasteiger partial charge in [-0.15, -0.1) is 0 Å². The zero-order valence-electron chi connectivity index (χ0n) is 26.1. The number of aryl methyl sites for hydroxylation is 2. The molecule has 0 unspecified atom stereocenters. The summed E-state index contributed by atoms with van der Waals surface area (Å²) in [5, 5.41) is 25.3. The summed E-state index contributed by atoms with van der Waals surface area (Å²) in [4.78, 5) is 49.7. The van der Waals surface area contributed by atoms with Crippen LogP contribution in [0.3, 0.4) is 0 Å². The van der Waals surface area contributed by atoms with E-state index >= 15 is 0 Å². The van der Waals surface area contributed by atoms with Crippen molar-refractivity contribution in [2.24, 2.45) is 5.73 Å². The van der Waals surface area contributed by atoms with Gasteiger partial charge in [0.25, 0.3) is 5.91 Å². The summed E-state index contributed by atoms with van der Waals surface area (Å²) in [5.41, 5.74) is 8.00. The van der Waals surface area contributed by atoms with Crippen molar-refractivity contribution in [1.29, 1.82) is 0 Å². The van der Waals surface area contributed by atoms with Crippen LogP contribution in [0.5, 0.6) is 0 Å². The van der Waals surface area contributed by atoms with E-state index in [1.165, 1.54) is 17.0 Å². The number of alkyl halides is 3. The van der Waals surface area contributed by atoms with Crippen molar-refractivity contribution in [1.82, 2.24) is 24.5 Å². The van der Waals surface area contributed by atoms with Gasteiger partial charge in [0, 0.05) is 65.0 Å². The number of hydrogen-bond donors (Lipinski definition) is 3. The predicted molar refractivity (Wildman–Crippen MR) is 168 cm³/mol. The lowest BCUT2D eigenvalue weighted by Gasteiger charge is -2.14. The van der Waals surface area contributed by atoms with Crippen molar-refractivity contribution in [3.63, 3.8) is 0 Å². The molecular weight excluding hydrogens is 645 g/mol. The summed E-state index contributed by atoms with van der Waals surface area (Å²) in [6.07, 6.45) is 2.88. The Bertz CT molecular complexity index is 1950. The Morgan fingerprint density at radius 2 is 1.78 bits per heavy atom. The fraction of sp³-hybridized carbons (Fsp3) is 0.182. The molecule has 0 fully saturated rings. The molecule has 0 aliphatic rings. The largest absolute Gasteiger partial charge is 0.550 e. The number of amides is 1. The number of rotatable bonds is 10. The topological polar surface area (TPSA) is 204 Å². The quantitative estimate of drug-likeness (QED) is 0.196. The van der Waals surface area contributed by atoms with Crippen LogP contribution in [0.15, 0.2) is 85.7 Å². The lowest BCUT2D eigenvalue weighted by atomic mass is 10.1. The van der Waals surface area contributed by atoms with Crippen LogP contribution in [-0.2, 0) is 15.8 Å². The highest BCUT2D eigenvalue weighted by Gasteiger charge is 2.31. The molecule has 13 nitrogen and oxygen atoms in total. The number of aromatic nitrogens is 5. The third-order valence-electron chi connectivity index (χ3n) is 6.83. The minimum Gasteiger partial charge on any atom is -0.550 e. The molecule has 254 valence electrons. The first-order valence-electron chi connectivity index (χ1n) is 14.5. The number of anilines is 3. The minimum atomic E-state index is -4.60. The van der Waals surface area contributed by atoms with Gasteiger partial charge >= 0.3 is 6.18 Å². The number of nitrogens with zero attached hydrogens (tertiary/aromatic N) is 5. The molecule has 2 aromatic carbocycles. The van der Waals surface area contributed by atoms with Gasteiger partial charge in [0.2, 0.25) is 5.95 Å². The third-order valence-corrected chi connectivity index (χ3v) is 6.83. The van der Waals surface area contributed by atoms with Crippen molar-refractivity contribution in [3.8, 4) is 16.9 Å². The maximum Gasteiger partial charge on any atom is 0.416 e. The average molecular weight is 675 g/mol. The number of nitrogens with two attached hydrogens (primary N) is 1. The monoisotopic (exact) mass is 674 g/mol. The van der Waals surface area contributed by atoms with Crippen LogP contribution in [0.2, 0.25) is 0 Å². The lowest BCUT2D eigenvalue weighted by Crippen LogP contribution is -2.42. The van der Waals surface area contributed by atoms with Gasteiger partial charge in [0.05, 0.1) is 29.2 Å². The van der Waals surface area contributed by atoms with Crippen LogP contribution in [0, 0.1) is 13.8 Å². The summed E-state index contributed by atoms with van der Waals surface area (Å²) >= 11 is 0. The molecule has 4 N–H and O–H groups in total. The van der Waals surface area contributed by atoms with E-state index in [-0.39, 0.29) is 29.8 Å². The maximum atomic E-state index is 13.6. The molecule has 49 heavy (non-hydrogen) atoms. The lowest BCUT2D eigenvalue weighted by molar-refractivity contribution is -0.309. The number of nitrogens with one attached hydrogen (secondary N) is 2. The smallest absolute Gasteiger partial charge is 0.416 e. The highest BCUT2D eigenvalue weighted by molar-refractivity contribution is 6.05. The molecule has 0 bridgehead atoms. The van der Waals surface area contributed by atoms with Crippen molar-refractivity contribution in [2.45, 2.75) is 38.9 Å². The van der Waals surface area contributed by atoms with E-state index in [1.54, 1.807) is 62.0 Å². The Hall–Kier alpha value is -6.16. The number of carbonyl (C=O) groups excluding carboxylic acids is 3. The molecule has 16 heteroatoms. The molecule has 0 aliphatic carbocycles. The van der Waals surface area contributed by atoms with Gasteiger partial charge in [0.1, 0.15) is 0 Å². The molecule has 3 heterocycles. The number of hydrogen-bond acceptors (Lipinski definition) is 11. The average Bonchev–Trinajstić information content (AvgIpc) is 3.51. The second-order valence-electron chi connectivity index (χ2n) is 10.6. The number of benzene rings is 2. The van der Waals surface area contributed by atoms with E-state index in [0.717, 1.165) is 23.3 Å².